The third-order valence-electron chi connectivity index (χ3n) is 3.06. The maximum atomic E-state index is 10.8. The summed E-state index contributed by atoms with van der Waals surface area (Å²) in [7, 11) is 0. The number of anilines is 2. The summed E-state index contributed by atoms with van der Waals surface area (Å²) >= 11 is 0. The molecule has 1 aromatic heterocycles. The number of phenolic OH excluding ortho intramolecular Hbond substituents is 1. The summed E-state index contributed by atoms with van der Waals surface area (Å²) in [5.74, 6) is 10.2. The van der Waals surface area contributed by atoms with E-state index in [1.165, 1.54) is 6.07 Å². The number of para-hydroxylation sites is 2. The van der Waals surface area contributed by atoms with Crippen LogP contribution in [0.2, 0.25) is 0 Å². The first-order valence-electron chi connectivity index (χ1n) is 7.00. The minimum absolute atomic E-state index is 0.0282. The highest BCUT2D eigenvalue weighted by molar-refractivity contribution is 5.93. The number of rotatable bonds is 2. The van der Waals surface area contributed by atoms with Gasteiger partial charge in [0.2, 0.25) is 0 Å². The number of amides is 4. The van der Waals surface area contributed by atoms with Crippen LogP contribution in [0, 0.1) is 6.07 Å². The van der Waals surface area contributed by atoms with Crippen LogP contribution in [0.1, 0.15) is 0 Å². The molecule has 135 valence electrons. The predicted octanol–water partition coefficient (Wildman–Crippen LogP) is -0.332. The number of aromatic hydroxyl groups is 1. The maximum Gasteiger partial charge on any atom is 0.333 e. The molecular formula is C14H16N9O3. The number of aromatic amines is 1. The van der Waals surface area contributed by atoms with Gasteiger partial charge in [0.05, 0.1) is 17.4 Å². The minimum atomic E-state index is -0.972. The fourth-order valence-corrected chi connectivity index (χ4v) is 1.83. The van der Waals surface area contributed by atoms with E-state index in [2.05, 4.69) is 21.5 Å². The topological polar surface area (TPSA) is 206 Å². The molecule has 0 aliphatic carbocycles. The van der Waals surface area contributed by atoms with Gasteiger partial charge in [-0.25, -0.2) is 31.3 Å². The number of phenols is 1. The molecule has 2 aromatic carbocycles. The molecule has 0 atom stereocenters. The van der Waals surface area contributed by atoms with Gasteiger partial charge in [-0.3, -0.25) is 0 Å². The number of fused-ring (bicyclic) bond motifs is 1. The molecule has 0 aliphatic rings. The molecule has 12 heteroatoms. The largest absolute Gasteiger partial charge is 0.507 e. The Bertz CT molecular complexity index is 858. The Hall–Kier alpha value is -3.90. The Labute approximate surface area is 146 Å². The van der Waals surface area contributed by atoms with Crippen LogP contribution in [0.4, 0.5) is 21.0 Å². The van der Waals surface area contributed by atoms with Crippen LogP contribution in [0.25, 0.3) is 11.0 Å². The molecule has 0 saturated carbocycles. The first-order chi connectivity index (χ1) is 12.3. The van der Waals surface area contributed by atoms with Gasteiger partial charge < -0.3 is 16.6 Å². The third kappa shape index (κ3) is 4.34. The van der Waals surface area contributed by atoms with Crippen molar-refractivity contribution in [2.45, 2.75) is 0 Å². The zero-order chi connectivity index (χ0) is 19.3. The van der Waals surface area contributed by atoms with Crippen molar-refractivity contribution in [2.75, 3.05) is 10.0 Å². The number of nitrogens with two attached hydrogens (primary N) is 4. The predicted molar refractivity (Wildman–Crippen MR) is 93.3 cm³/mol. The normalized spacial score (nSPS) is 9.92. The molecule has 10 N–H and O–H groups in total. The molecule has 4 amide bonds. The van der Waals surface area contributed by atoms with Crippen LogP contribution in [0.5, 0.6) is 5.75 Å². The molecule has 0 saturated heterocycles. The quantitative estimate of drug-likeness (QED) is 0.204. The molecule has 0 unspecified atom stereocenters. The van der Waals surface area contributed by atoms with Crippen molar-refractivity contribution >= 4 is 34.5 Å². The number of carbonyl (C=O) groups is 2. The van der Waals surface area contributed by atoms with E-state index in [9.17, 15) is 14.7 Å². The fraction of sp³-hybridized carbons (Fsp3) is 0. The lowest BCUT2D eigenvalue weighted by atomic mass is 10.2. The number of carbonyl (C=O) groups excluding carboxylic acids is 2. The first kappa shape index (κ1) is 18.4. The number of hydrazine groups is 2. The van der Waals surface area contributed by atoms with Gasteiger partial charge in [0.15, 0.2) is 0 Å². The Morgan fingerprint density at radius 1 is 1.00 bits per heavy atom. The Morgan fingerprint density at radius 3 is 2.04 bits per heavy atom. The number of nitrogens with one attached hydrogen (secondary N) is 1. The van der Waals surface area contributed by atoms with E-state index < -0.39 is 12.1 Å². The summed E-state index contributed by atoms with van der Waals surface area (Å²) in [6, 6.07) is 10.4. The Morgan fingerprint density at radius 2 is 1.54 bits per heavy atom. The van der Waals surface area contributed by atoms with E-state index in [-0.39, 0.29) is 17.1 Å². The molecule has 26 heavy (non-hydrogen) atoms. The smallest absolute Gasteiger partial charge is 0.333 e. The van der Waals surface area contributed by atoms with Gasteiger partial charge in [-0.05, 0) is 18.2 Å². The lowest BCUT2D eigenvalue weighted by Gasteiger charge is -2.18. The standard InChI is InChI=1S/C8H11N6O3.C6H5N3/c9-7(16)13(11)4-1-5(3-6(15)2-4)14(12)8(10)17;1-2-4-6-5(3-1)7-9-8-6/h1-2,15H,11-12H2,(H2,9,16)(H2,10,17);1-4H,(H,7,8,9). The number of primary amides is 2. The van der Waals surface area contributed by atoms with Crippen LogP contribution >= 0.6 is 0 Å². The van der Waals surface area contributed by atoms with Crippen LogP contribution in [-0.4, -0.2) is 32.6 Å². The van der Waals surface area contributed by atoms with Crippen molar-refractivity contribution in [3.8, 4) is 5.75 Å². The average molecular weight is 358 g/mol. The second kappa shape index (κ2) is 7.78. The molecule has 0 aliphatic heterocycles. The van der Waals surface area contributed by atoms with E-state index in [4.69, 9.17) is 23.2 Å². The van der Waals surface area contributed by atoms with Gasteiger partial charge >= 0.3 is 12.1 Å². The van der Waals surface area contributed by atoms with Crippen molar-refractivity contribution in [2.24, 2.45) is 23.2 Å². The number of aromatic nitrogens is 3. The van der Waals surface area contributed by atoms with Gasteiger partial charge in [-0.1, -0.05) is 12.1 Å². The van der Waals surface area contributed by atoms with E-state index in [1.807, 2.05) is 24.3 Å². The number of hydrogen-bond donors (Lipinski definition) is 6. The molecule has 3 rings (SSSR count). The summed E-state index contributed by atoms with van der Waals surface area (Å²) in [5, 5.41) is 20.7. The summed E-state index contributed by atoms with van der Waals surface area (Å²) < 4.78 is 0. The van der Waals surface area contributed by atoms with Gasteiger partial charge in [-0.2, -0.15) is 15.4 Å². The Kier molecular flexibility index (Phi) is 5.52. The Balaban J connectivity index is 0.000000223. The second-order valence-corrected chi connectivity index (χ2v) is 4.84. The highest BCUT2D eigenvalue weighted by Gasteiger charge is 2.14. The SMILES string of the molecule is NC(=O)N(N)c1[c]c(O)cc(N(N)C(N)=O)c1.c1ccc2n[nH]nc2c1. The highest BCUT2D eigenvalue weighted by Crippen LogP contribution is 2.25. The van der Waals surface area contributed by atoms with Crippen molar-refractivity contribution in [3.05, 3.63) is 42.5 Å². The molecule has 12 nitrogen and oxygen atoms in total. The number of benzene rings is 2. The van der Waals surface area contributed by atoms with E-state index in [0.717, 1.165) is 17.1 Å². The monoisotopic (exact) mass is 358 g/mol. The number of hydrogen-bond acceptors (Lipinski definition) is 7. The number of nitrogens with zero attached hydrogens (tertiary/aromatic N) is 4. The molecular weight excluding hydrogens is 342 g/mol. The molecule has 0 fully saturated rings. The number of H-pyrrole nitrogens is 1. The zero-order valence-corrected chi connectivity index (χ0v) is 13.3. The highest BCUT2D eigenvalue weighted by atomic mass is 16.3. The van der Waals surface area contributed by atoms with E-state index in [1.54, 1.807) is 0 Å². The molecule has 0 spiro atoms. The van der Waals surface area contributed by atoms with E-state index in [0.29, 0.717) is 10.0 Å². The van der Waals surface area contributed by atoms with Crippen LogP contribution in [0.3, 0.4) is 0 Å². The van der Waals surface area contributed by atoms with Gasteiger partial charge in [0, 0.05) is 6.07 Å². The lowest BCUT2D eigenvalue weighted by molar-refractivity contribution is 0.253. The minimum Gasteiger partial charge on any atom is -0.507 e. The van der Waals surface area contributed by atoms with Crippen LogP contribution < -0.4 is 33.2 Å². The van der Waals surface area contributed by atoms with Crippen molar-refractivity contribution in [1.82, 2.24) is 15.4 Å². The summed E-state index contributed by atoms with van der Waals surface area (Å²) in [5.41, 5.74) is 11.7. The molecule has 1 radical (unpaired) electrons. The lowest BCUT2D eigenvalue weighted by Crippen LogP contribution is -2.43. The van der Waals surface area contributed by atoms with Crippen molar-refractivity contribution < 1.29 is 14.7 Å². The second-order valence-electron chi connectivity index (χ2n) is 4.84. The molecule has 1 heterocycles. The van der Waals surface area contributed by atoms with Gasteiger partial charge in [0.25, 0.3) is 0 Å². The van der Waals surface area contributed by atoms with Crippen LogP contribution in [-0.2, 0) is 0 Å². The molecule has 0 bridgehead atoms. The fourth-order valence-electron chi connectivity index (χ4n) is 1.83. The first-order valence-corrected chi connectivity index (χ1v) is 7.00. The van der Waals surface area contributed by atoms with Crippen molar-refractivity contribution in [3.63, 3.8) is 0 Å². The summed E-state index contributed by atoms with van der Waals surface area (Å²) in [6.07, 6.45) is 0. The summed E-state index contributed by atoms with van der Waals surface area (Å²) in [4.78, 5) is 21.6. The number of urea groups is 2. The molecule has 3 aromatic rings. The maximum absolute atomic E-state index is 10.8. The van der Waals surface area contributed by atoms with Crippen molar-refractivity contribution in [1.29, 1.82) is 0 Å². The van der Waals surface area contributed by atoms with Gasteiger partial charge in [0.1, 0.15) is 16.8 Å². The van der Waals surface area contributed by atoms with Crippen LogP contribution in [0.15, 0.2) is 36.4 Å². The third-order valence-corrected chi connectivity index (χ3v) is 3.06. The summed E-state index contributed by atoms with van der Waals surface area (Å²) in [6.45, 7) is 0. The van der Waals surface area contributed by atoms with Gasteiger partial charge in [-0.15, -0.1) is 0 Å². The zero-order valence-electron chi connectivity index (χ0n) is 13.3. The average Bonchev–Trinajstić information content (AvgIpc) is 3.08. The van der Waals surface area contributed by atoms with E-state index >= 15 is 0 Å².